The molecule has 92 valence electrons. The molecule has 5 heteroatoms. The summed E-state index contributed by atoms with van der Waals surface area (Å²) in [6, 6.07) is 7.12. The van der Waals surface area contributed by atoms with Crippen molar-refractivity contribution >= 4 is 5.69 Å². The number of unbranched alkanes of at least 4 members (excludes halogenated alkanes) is 2. The number of benzene rings is 1. The summed E-state index contributed by atoms with van der Waals surface area (Å²) in [7, 11) is 0. The van der Waals surface area contributed by atoms with Crippen molar-refractivity contribution in [2.24, 2.45) is 0 Å². The first kappa shape index (κ1) is 13.4. The Balaban J connectivity index is 2.47. The lowest BCUT2D eigenvalue weighted by atomic mass is 10.2. The molecule has 1 N–H and O–H groups in total. The molecule has 0 aliphatic rings. The molecule has 1 aromatic carbocycles. The molecule has 0 aliphatic heterocycles. The van der Waals surface area contributed by atoms with Crippen molar-refractivity contribution < 1.29 is 13.2 Å². The van der Waals surface area contributed by atoms with Gasteiger partial charge < -0.3 is 5.32 Å². The SMILES string of the molecule is N#CCCCCNc1cccc(C(F)(F)F)c1. The third-order valence-electron chi connectivity index (χ3n) is 2.23. The summed E-state index contributed by atoms with van der Waals surface area (Å²) in [5.74, 6) is 0. The Hall–Kier alpha value is -1.70. The molecule has 0 unspecified atom stereocenters. The van der Waals surface area contributed by atoms with Crippen LogP contribution in [0, 0.1) is 11.3 Å². The smallest absolute Gasteiger partial charge is 0.385 e. The van der Waals surface area contributed by atoms with Gasteiger partial charge >= 0.3 is 6.18 Å². The van der Waals surface area contributed by atoms with E-state index in [0.717, 1.165) is 25.0 Å². The molecule has 0 atom stereocenters. The highest BCUT2D eigenvalue weighted by Crippen LogP contribution is 2.30. The van der Waals surface area contributed by atoms with Gasteiger partial charge in [0.2, 0.25) is 0 Å². The number of hydrogen-bond donors (Lipinski definition) is 1. The molecule has 0 saturated carbocycles. The van der Waals surface area contributed by atoms with E-state index >= 15 is 0 Å². The Bertz CT molecular complexity index is 393. The van der Waals surface area contributed by atoms with Gasteiger partial charge in [-0.05, 0) is 31.0 Å². The van der Waals surface area contributed by atoms with Crippen LogP contribution in [-0.2, 0) is 6.18 Å². The summed E-state index contributed by atoms with van der Waals surface area (Å²) in [5, 5.41) is 11.2. The number of alkyl halides is 3. The van der Waals surface area contributed by atoms with Crippen molar-refractivity contribution in [3.63, 3.8) is 0 Å². The van der Waals surface area contributed by atoms with Gasteiger partial charge in [0.05, 0.1) is 11.6 Å². The molecule has 0 amide bonds. The third kappa shape index (κ3) is 4.77. The molecule has 0 spiro atoms. The maximum atomic E-state index is 12.4. The number of nitriles is 1. The zero-order valence-electron chi connectivity index (χ0n) is 9.22. The first-order valence-electron chi connectivity index (χ1n) is 5.32. The molecular formula is C12H13F3N2. The average Bonchev–Trinajstić information content (AvgIpc) is 2.28. The summed E-state index contributed by atoms with van der Waals surface area (Å²) in [6.07, 6.45) is -2.31. The van der Waals surface area contributed by atoms with Gasteiger partial charge in [-0.3, -0.25) is 0 Å². The van der Waals surface area contributed by atoms with Crippen LogP contribution in [0.4, 0.5) is 18.9 Å². The maximum absolute atomic E-state index is 12.4. The lowest BCUT2D eigenvalue weighted by Crippen LogP contribution is -2.07. The minimum absolute atomic E-state index is 0.455. The second kappa shape index (κ2) is 6.14. The van der Waals surface area contributed by atoms with E-state index in [0.29, 0.717) is 18.7 Å². The summed E-state index contributed by atoms with van der Waals surface area (Å²) in [5.41, 5.74) is -0.198. The summed E-state index contributed by atoms with van der Waals surface area (Å²) < 4.78 is 37.2. The van der Waals surface area contributed by atoms with E-state index in [-0.39, 0.29) is 0 Å². The van der Waals surface area contributed by atoms with Crippen molar-refractivity contribution in [1.82, 2.24) is 0 Å². The van der Waals surface area contributed by atoms with E-state index in [1.165, 1.54) is 6.07 Å². The number of anilines is 1. The van der Waals surface area contributed by atoms with Crippen LogP contribution >= 0.6 is 0 Å². The number of hydrogen-bond acceptors (Lipinski definition) is 2. The Morgan fingerprint density at radius 3 is 2.65 bits per heavy atom. The molecule has 0 radical (unpaired) electrons. The maximum Gasteiger partial charge on any atom is 0.416 e. The van der Waals surface area contributed by atoms with Crippen LogP contribution in [-0.4, -0.2) is 6.54 Å². The number of nitrogens with zero attached hydrogens (tertiary/aromatic N) is 1. The fraction of sp³-hybridized carbons (Fsp3) is 0.417. The molecule has 0 saturated heterocycles. The highest BCUT2D eigenvalue weighted by Gasteiger charge is 2.30. The van der Waals surface area contributed by atoms with E-state index in [9.17, 15) is 13.2 Å². The molecule has 0 aliphatic carbocycles. The van der Waals surface area contributed by atoms with Crippen LogP contribution in [0.3, 0.4) is 0 Å². The quantitative estimate of drug-likeness (QED) is 0.797. The zero-order valence-corrected chi connectivity index (χ0v) is 9.22. The second-order valence-electron chi connectivity index (χ2n) is 3.62. The van der Waals surface area contributed by atoms with Gasteiger partial charge in [0.1, 0.15) is 0 Å². The number of nitrogens with one attached hydrogen (secondary N) is 1. The fourth-order valence-corrected chi connectivity index (χ4v) is 1.37. The van der Waals surface area contributed by atoms with E-state index in [2.05, 4.69) is 5.32 Å². The topological polar surface area (TPSA) is 35.8 Å². The van der Waals surface area contributed by atoms with E-state index in [4.69, 9.17) is 5.26 Å². The standard InChI is InChI=1S/C12H13F3N2/c13-12(14,15)10-5-4-6-11(9-10)17-8-3-1-2-7-16/h4-6,9,17H,1-3,8H2. The summed E-state index contributed by atoms with van der Waals surface area (Å²) in [6.45, 7) is 0.572. The Morgan fingerprint density at radius 2 is 2.00 bits per heavy atom. The Morgan fingerprint density at radius 1 is 1.24 bits per heavy atom. The molecule has 17 heavy (non-hydrogen) atoms. The molecule has 0 fully saturated rings. The van der Waals surface area contributed by atoms with Gasteiger partial charge in [0, 0.05) is 18.7 Å². The van der Waals surface area contributed by atoms with Crippen molar-refractivity contribution in [2.75, 3.05) is 11.9 Å². The minimum Gasteiger partial charge on any atom is -0.385 e. The van der Waals surface area contributed by atoms with Gasteiger partial charge in [-0.2, -0.15) is 18.4 Å². The van der Waals surface area contributed by atoms with Gasteiger partial charge in [0.25, 0.3) is 0 Å². The Labute approximate surface area is 98.1 Å². The first-order chi connectivity index (χ1) is 8.04. The van der Waals surface area contributed by atoms with E-state index in [1.807, 2.05) is 6.07 Å². The van der Waals surface area contributed by atoms with Crippen LogP contribution < -0.4 is 5.32 Å². The highest BCUT2D eigenvalue weighted by atomic mass is 19.4. The molecule has 2 nitrogen and oxygen atoms in total. The van der Waals surface area contributed by atoms with Gasteiger partial charge in [-0.1, -0.05) is 6.07 Å². The van der Waals surface area contributed by atoms with Crippen LogP contribution in [0.5, 0.6) is 0 Å². The second-order valence-corrected chi connectivity index (χ2v) is 3.62. The largest absolute Gasteiger partial charge is 0.416 e. The van der Waals surface area contributed by atoms with Gasteiger partial charge in [0.15, 0.2) is 0 Å². The van der Waals surface area contributed by atoms with Crippen molar-refractivity contribution in [3.05, 3.63) is 29.8 Å². The first-order valence-corrected chi connectivity index (χ1v) is 5.32. The van der Waals surface area contributed by atoms with Gasteiger partial charge in [-0.25, -0.2) is 0 Å². The molecule has 0 bridgehead atoms. The van der Waals surface area contributed by atoms with Crippen LogP contribution in [0.1, 0.15) is 24.8 Å². The average molecular weight is 242 g/mol. The minimum atomic E-state index is -4.31. The van der Waals surface area contributed by atoms with Crippen molar-refractivity contribution in [2.45, 2.75) is 25.4 Å². The van der Waals surface area contributed by atoms with Crippen molar-refractivity contribution in [1.29, 1.82) is 5.26 Å². The fourth-order valence-electron chi connectivity index (χ4n) is 1.37. The summed E-state index contributed by atoms with van der Waals surface area (Å²) in [4.78, 5) is 0. The van der Waals surface area contributed by atoms with E-state index in [1.54, 1.807) is 6.07 Å². The van der Waals surface area contributed by atoms with Crippen molar-refractivity contribution in [3.8, 4) is 6.07 Å². The number of halogens is 3. The normalized spacial score (nSPS) is 10.9. The summed E-state index contributed by atoms with van der Waals surface area (Å²) >= 11 is 0. The molecule has 1 rings (SSSR count). The predicted octanol–water partition coefficient (Wildman–Crippen LogP) is 3.81. The molecular weight excluding hydrogens is 229 g/mol. The Kier molecular flexibility index (Phi) is 4.83. The molecule has 0 aromatic heterocycles. The van der Waals surface area contributed by atoms with E-state index < -0.39 is 11.7 Å². The van der Waals surface area contributed by atoms with Crippen LogP contribution in [0.2, 0.25) is 0 Å². The molecule has 0 heterocycles. The monoisotopic (exact) mass is 242 g/mol. The third-order valence-corrected chi connectivity index (χ3v) is 2.23. The van der Waals surface area contributed by atoms with Gasteiger partial charge in [-0.15, -0.1) is 0 Å². The zero-order chi connectivity index (χ0) is 12.7. The number of rotatable bonds is 5. The van der Waals surface area contributed by atoms with Crippen LogP contribution in [0.15, 0.2) is 24.3 Å². The highest BCUT2D eigenvalue weighted by molar-refractivity contribution is 5.46. The van der Waals surface area contributed by atoms with Crippen LogP contribution in [0.25, 0.3) is 0 Å². The molecule has 1 aromatic rings. The predicted molar refractivity (Wildman–Crippen MR) is 59.4 cm³/mol. The lowest BCUT2D eigenvalue weighted by molar-refractivity contribution is -0.137. The lowest BCUT2D eigenvalue weighted by Gasteiger charge is -2.10.